The molecule has 4 rings (SSSR count). The van der Waals surface area contributed by atoms with Crippen LogP contribution < -0.4 is 4.74 Å². The number of aliphatic hydroxyl groups excluding tert-OH is 1. The van der Waals surface area contributed by atoms with Gasteiger partial charge in [0.15, 0.2) is 0 Å². The minimum absolute atomic E-state index is 0.196. The molecule has 1 aromatic heterocycles. The predicted octanol–water partition coefficient (Wildman–Crippen LogP) is 4.39. The highest BCUT2D eigenvalue weighted by atomic mass is 19.1. The third-order valence-electron chi connectivity index (χ3n) is 7.31. The number of rotatable bonds is 13. The van der Waals surface area contributed by atoms with Crippen molar-refractivity contribution in [2.24, 2.45) is 5.92 Å². The van der Waals surface area contributed by atoms with Crippen molar-refractivity contribution in [1.82, 2.24) is 19.6 Å². The van der Waals surface area contributed by atoms with Crippen LogP contribution in [0.3, 0.4) is 0 Å². The highest BCUT2D eigenvalue weighted by molar-refractivity contribution is 5.80. The first kappa shape index (κ1) is 29.9. The number of benzene rings is 2. The Labute approximate surface area is 237 Å². The maximum atomic E-state index is 14.0. The number of aromatic nitrogens is 2. The van der Waals surface area contributed by atoms with Crippen molar-refractivity contribution in [2.45, 2.75) is 53.1 Å². The number of hydrogen-bond acceptors (Lipinski definition) is 6. The van der Waals surface area contributed by atoms with Crippen LogP contribution in [0.4, 0.5) is 4.39 Å². The Morgan fingerprint density at radius 1 is 1.02 bits per heavy atom. The number of hydrogen-bond donors (Lipinski definition) is 1. The topological polar surface area (TPSA) is 70.8 Å². The first-order valence-corrected chi connectivity index (χ1v) is 14.3. The number of β-amino-alcohol motifs (C(OH)–C–C–N with tert-alkyl or cyclic N) is 1. The molecule has 0 amide bonds. The van der Waals surface area contributed by atoms with E-state index in [2.05, 4.69) is 29.7 Å². The van der Waals surface area contributed by atoms with Gasteiger partial charge in [-0.2, -0.15) is 5.10 Å². The molecule has 216 valence electrons. The lowest BCUT2D eigenvalue weighted by Crippen LogP contribution is -2.50. The molecule has 7 nitrogen and oxygen atoms in total. The minimum Gasteiger partial charge on any atom is -0.491 e. The lowest BCUT2D eigenvalue weighted by atomic mass is 10.1. The summed E-state index contributed by atoms with van der Waals surface area (Å²) in [6.07, 6.45) is 1.26. The number of ketones is 1. The second-order valence-electron chi connectivity index (χ2n) is 11.5. The normalized spacial score (nSPS) is 15.5. The van der Waals surface area contributed by atoms with Crippen molar-refractivity contribution >= 4 is 5.78 Å². The van der Waals surface area contributed by atoms with E-state index in [1.54, 1.807) is 6.07 Å². The van der Waals surface area contributed by atoms with Crippen LogP contribution in [0, 0.1) is 25.6 Å². The van der Waals surface area contributed by atoms with Gasteiger partial charge in [-0.05, 0) is 68.5 Å². The van der Waals surface area contributed by atoms with E-state index in [1.165, 1.54) is 17.7 Å². The number of aliphatic hydroxyl groups is 1. The van der Waals surface area contributed by atoms with E-state index in [0.29, 0.717) is 31.8 Å². The van der Waals surface area contributed by atoms with E-state index >= 15 is 0 Å². The molecule has 0 radical (unpaired) electrons. The number of nitrogens with zero attached hydrogens (tertiary/aromatic N) is 4. The highest BCUT2D eigenvalue weighted by Gasteiger charge is 2.21. The molecule has 3 aromatic rings. The number of carbonyl (C=O) groups excluding carboxylic acids is 1. The Hall–Kier alpha value is -3.07. The summed E-state index contributed by atoms with van der Waals surface area (Å²) in [5.41, 5.74) is 4.78. The van der Waals surface area contributed by atoms with Gasteiger partial charge in [-0.3, -0.25) is 14.6 Å². The van der Waals surface area contributed by atoms with Gasteiger partial charge in [0.05, 0.1) is 17.9 Å². The standard InChI is InChI=1S/C32H43FN4O3/c1-23(2)17-28-19-27(34-37(28)32-18-26(33)8-7-25(32)4)9-10-29(38)20-35-13-15-36(16-14-35)21-30(39)22-40-31-11-5-24(3)6-12-31/h5-8,11-12,18-19,23,30,39H,9-10,13-17,20-22H2,1-4H3/t30-/m0/s1. The SMILES string of the molecule is Cc1ccc(OC[C@@H](O)CN2CCN(CC(=O)CCc3cc(CC(C)C)n(-c4cc(F)ccc4C)n3)CC2)cc1. The maximum Gasteiger partial charge on any atom is 0.147 e. The average molecular weight is 551 g/mol. The van der Waals surface area contributed by atoms with Crippen LogP contribution in [0.2, 0.25) is 0 Å². The number of ether oxygens (including phenoxy) is 1. The van der Waals surface area contributed by atoms with Crippen LogP contribution >= 0.6 is 0 Å². The van der Waals surface area contributed by atoms with Crippen molar-refractivity contribution in [3.63, 3.8) is 0 Å². The largest absolute Gasteiger partial charge is 0.491 e. The Kier molecular flexibility index (Phi) is 10.5. The molecule has 0 spiro atoms. The summed E-state index contributed by atoms with van der Waals surface area (Å²) in [7, 11) is 0. The van der Waals surface area contributed by atoms with Crippen LogP contribution in [-0.2, 0) is 17.6 Å². The Balaban J connectivity index is 1.22. The van der Waals surface area contributed by atoms with Crippen LogP contribution in [0.1, 0.15) is 42.8 Å². The van der Waals surface area contributed by atoms with Crippen LogP contribution in [0.15, 0.2) is 48.5 Å². The fraction of sp³-hybridized carbons (Fsp3) is 0.500. The molecule has 0 saturated carbocycles. The second-order valence-corrected chi connectivity index (χ2v) is 11.5. The molecule has 2 aromatic carbocycles. The van der Waals surface area contributed by atoms with Gasteiger partial charge in [-0.25, -0.2) is 9.07 Å². The van der Waals surface area contributed by atoms with Gasteiger partial charge in [-0.1, -0.05) is 37.6 Å². The molecule has 1 aliphatic rings. The number of piperazine rings is 1. The van der Waals surface area contributed by atoms with Gasteiger partial charge in [-0.15, -0.1) is 0 Å². The van der Waals surface area contributed by atoms with Gasteiger partial charge in [0.1, 0.15) is 30.1 Å². The quantitative estimate of drug-likeness (QED) is 0.341. The van der Waals surface area contributed by atoms with Crippen molar-refractivity contribution in [3.8, 4) is 11.4 Å². The molecule has 1 N–H and O–H groups in total. The van der Waals surface area contributed by atoms with Gasteiger partial charge in [0, 0.05) is 44.8 Å². The molecule has 1 atom stereocenters. The monoisotopic (exact) mass is 550 g/mol. The van der Waals surface area contributed by atoms with Crippen molar-refractivity contribution in [2.75, 3.05) is 45.9 Å². The summed E-state index contributed by atoms with van der Waals surface area (Å²) in [6.45, 7) is 12.7. The molecule has 0 unspecified atom stereocenters. The summed E-state index contributed by atoms with van der Waals surface area (Å²) >= 11 is 0. The first-order chi connectivity index (χ1) is 19.2. The first-order valence-electron chi connectivity index (χ1n) is 14.3. The van der Waals surface area contributed by atoms with Crippen LogP contribution in [0.5, 0.6) is 5.75 Å². The third-order valence-corrected chi connectivity index (χ3v) is 7.31. The minimum atomic E-state index is -0.564. The average Bonchev–Trinajstić information content (AvgIpc) is 3.31. The number of carbonyl (C=O) groups is 1. The molecular formula is C32H43FN4O3. The van der Waals surface area contributed by atoms with E-state index in [0.717, 1.165) is 61.0 Å². The lowest BCUT2D eigenvalue weighted by molar-refractivity contribution is -0.120. The molecular weight excluding hydrogens is 507 g/mol. The number of Topliss-reactive ketones (excluding diaryl/α,β-unsaturated/α-hetero) is 1. The molecule has 1 saturated heterocycles. The maximum absolute atomic E-state index is 14.0. The summed E-state index contributed by atoms with van der Waals surface area (Å²) in [4.78, 5) is 17.2. The molecule has 40 heavy (non-hydrogen) atoms. The third kappa shape index (κ3) is 8.71. The molecule has 1 fully saturated rings. The zero-order valence-electron chi connectivity index (χ0n) is 24.3. The van der Waals surface area contributed by atoms with Crippen molar-refractivity contribution in [3.05, 3.63) is 76.9 Å². The lowest BCUT2D eigenvalue weighted by Gasteiger charge is -2.35. The van der Waals surface area contributed by atoms with Gasteiger partial charge < -0.3 is 9.84 Å². The summed E-state index contributed by atoms with van der Waals surface area (Å²) in [6, 6.07) is 14.6. The molecule has 2 heterocycles. The predicted molar refractivity (Wildman–Crippen MR) is 156 cm³/mol. The fourth-order valence-corrected chi connectivity index (χ4v) is 5.08. The second kappa shape index (κ2) is 14.0. The zero-order valence-corrected chi connectivity index (χ0v) is 24.3. The van der Waals surface area contributed by atoms with E-state index in [1.807, 2.05) is 42.8 Å². The van der Waals surface area contributed by atoms with Crippen molar-refractivity contribution < 1.29 is 19.0 Å². The van der Waals surface area contributed by atoms with E-state index < -0.39 is 6.10 Å². The number of aryl methyl sites for hydroxylation is 3. The van der Waals surface area contributed by atoms with Gasteiger partial charge in [0.2, 0.25) is 0 Å². The Bertz CT molecular complexity index is 1250. The smallest absolute Gasteiger partial charge is 0.147 e. The molecule has 8 heteroatoms. The van der Waals surface area contributed by atoms with E-state index in [-0.39, 0.29) is 18.2 Å². The molecule has 0 aliphatic carbocycles. The summed E-state index contributed by atoms with van der Waals surface area (Å²) in [5.74, 6) is 1.11. The Morgan fingerprint density at radius 3 is 2.42 bits per heavy atom. The Morgan fingerprint density at radius 2 is 1.73 bits per heavy atom. The van der Waals surface area contributed by atoms with E-state index in [4.69, 9.17) is 9.84 Å². The molecule has 1 aliphatic heterocycles. The summed E-state index contributed by atoms with van der Waals surface area (Å²) in [5, 5.41) is 15.2. The fourth-order valence-electron chi connectivity index (χ4n) is 5.08. The van der Waals surface area contributed by atoms with Crippen molar-refractivity contribution in [1.29, 1.82) is 0 Å². The zero-order chi connectivity index (χ0) is 28.6. The summed E-state index contributed by atoms with van der Waals surface area (Å²) < 4.78 is 21.6. The number of halogens is 1. The molecule has 0 bridgehead atoms. The van der Waals surface area contributed by atoms with Gasteiger partial charge >= 0.3 is 0 Å². The van der Waals surface area contributed by atoms with E-state index in [9.17, 15) is 14.3 Å². The van der Waals surface area contributed by atoms with Crippen LogP contribution in [-0.4, -0.2) is 82.4 Å². The highest BCUT2D eigenvalue weighted by Crippen LogP contribution is 2.21. The van der Waals surface area contributed by atoms with Gasteiger partial charge in [0.25, 0.3) is 0 Å². The van der Waals surface area contributed by atoms with Crippen LogP contribution in [0.25, 0.3) is 5.69 Å².